The molecule has 1 N–H and O–H groups in total. The Morgan fingerprint density at radius 1 is 0.903 bits per heavy atom. The van der Waals surface area contributed by atoms with E-state index >= 15 is 0 Å². The molecule has 0 aromatic heterocycles. The van der Waals surface area contributed by atoms with Gasteiger partial charge in [-0.05, 0) is 35.6 Å². The minimum atomic E-state index is -0.103. The first kappa shape index (κ1) is 20.9. The summed E-state index contributed by atoms with van der Waals surface area (Å²) in [6.07, 6.45) is 1.25. The first-order valence-electron chi connectivity index (χ1n) is 10.9. The molecular formula is C27H28N2O2. The van der Waals surface area contributed by atoms with E-state index in [0.717, 1.165) is 17.5 Å². The molecule has 0 spiro atoms. The highest BCUT2D eigenvalue weighted by Gasteiger charge is 2.31. The number of benzene rings is 3. The smallest absolute Gasteiger partial charge is 0.223 e. The van der Waals surface area contributed by atoms with Gasteiger partial charge in [-0.25, -0.2) is 0 Å². The van der Waals surface area contributed by atoms with Gasteiger partial charge in [0.25, 0.3) is 0 Å². The van der Waals surface area contributed by atoms with E-state index in [0.29, 0.717) is 13.1 Å². The molecular weight excluding hydrogens is 384 g/mol. The van der Waals surface area contributed by atoms with Crippen LogP contribution in [0.3, 0.4) is 0 Å². The molecule has 3 aromatic rings. The number of amides is 2. The minimum absolute atomic E-state index is 0.0221. The third kappa shape index (κ3) is 5.02. The Balaban J connectivity index is 1.41. The number of nitrogens with zero attached hydrogens (tertiary/aromatic N) is 1. The van der Waals surface area contributed by atoms with E-state index in [9.17, 15) is 9.59 Å². The van der Waals surface area contributed by atoms with Crippen LogP contribution >= 0.6 is 0 Å². The van der Waals surface area contributed by atoms with Crippen molar-refractivity contribution in [1.29, 1.82) is 0 Å². The Labute approximate surface area is 183 Å². The fourth-order valence-corrected chi connectivity index (χ4v) is 4.19. The number of carbonyl (C=O) groups excluding carboxylic acids is 2. The number of rotatable bonds is 6. The zero-order chi connectivity index (χ0) is 21.6. The Morgan fingerprint density at radius 2 is 1.61 bits per heavy atom. The van der Waals surface area contributed by atoms with Crippen molar-refractivity contribution in [3.8, 4) is 0 Å². The normalized spacial score (nSPS) is 15.3. The lowest BCUT2D eigenvalue weighted by Gasteiger charge is -2.38. The summed E-state index contributed by atoms with van der Waals surface area (Å²) in [7, 11) is 0. The van der Waals surface area contributed by atoms with E-state index in [1.165, 1.54) is 16.7 Å². The SMILES string of the molecule is Cc1ccc(CNC(=O)CCC(=O)N2CCc3ccccc3[C@@H]2c2ccccc2)cc1. The summed E-state index contributed by atoms with van der Waals surface area (Å²) in [6, 6.07) is 26.5. The van der Waals surface area contributed by atoms with Crippen molar-refractivity contribution >= 4 is 11.8 Å². The molecule has 1 aliphatic heterocycles. The maximum Gasteiger partial charge on any atom is 0.223 e. The van der Waals surface area contributed by atoms with E-state index < -0.39 is 0 Å². The number of fused-ring (bicyclic) bond motifs is 1. The van der Waals surface area contributed by atoms with Gasteiger partial charge in [0.05, 0.1) is 6.04 Å². The number of hydrogen-bond donors (Lipinski definition) is 1. The molecule has 0 aliphatic carbocycles. The highest BCUT2D eigenvalue weighted by Crippen LogP contribution is 2.35. The summed E-state index contributed by atoms with van der Waals surface area (Å²) in [6.45, 7) is 3.19. The third-order valence-corrected chi connectivity index (χ3v) is 5.90. The monoisotopic (exact) mass is 412 g/mol. The van der Waals surface area contributed by atoms with Gasteiger partial charge in [-0.1, -0.05) is 84.4 Å². The van der Waals surface area contributed by atoms with Crippen molar-refractivity contribution in [1.82, 2.24) is 10.2 Å². The van der Waals surface area contributed by atoms with Gasteiger partial charge in [0.2, 0.25) is 11.8 Å². The lowest BCUT2D eigenvalue weighted by atomic mass is 9.88. The first-order valence-corrected chi connectivity index (χ1v) is 10.9. The van der Waals surface area contributed by atoms with Gasteiger partial charge in [0, 0.05) is 25.9 Å². The second kappa shape index (κ2) is 9.61. The van der Waals surface area contributed by atoms with E-state index in [1.54, 1.807) is 0 Å². The molecule has 0 unspecified atom stereocenters. The summed E-state index contributed by atoms with van der Waals surface area (Å²) >= 11 is 0. The molecule has 31 heavy (non-hydrogen) atoms. The second-order valence-corrected chi connectivity index (χ2v) is 8.11. The van der Waals surface area contributed by atoms with Crippen LogP contribution in [0.2, 0.25) is 0 Å². The molecule has 3 aromatic carbocycles. The fraction of sp³-hybridized carbons (Fsp3) is 0.259. The number of aryl methyl sites for hydroxylation is 1. The molecule has 2 amide bonds. The lowest BCUT2D eigenvalue weighted by Crippen LogP contribution is -2.41. The fourth-order valence-electron chi connectivity index (χ4n) is 4.19. The molecule has 0 saturated heterocycles. The van der Waals surface area contributed by atoms with Crippen LogP contribution in [0, 0.1) is 6.92 Å². The predicted octanol–water partition coefficient (Wildman–Crippen LogP) is 4.57. The molecule has 0 radical (unpaired) electrons. The second-order valence-electron chi connectivity index (χ2n) is 8.11. The van der Waals surface area contributed by atoms with Crippen LogP contribution in [0.1, 0.15) is 46.7 Å². The molecule has 158 valence electrons. The van der Waals surface area contributed by atoms with E-state index in [1.807, 2.05) is 60.4 Å². The van der Waals surface area contributed by atoms with Crippen molar-refractivity contribution in [3.63, 3.8) is 0 Å². The Bertz CT molecular complexity index is 1040. The highest BCUT2D eigenvalue weighted by molar-refractivity contribution is 5.84. The van der Waals surface area contributed by atoms with Crippen LogP contribution < -0.4 is 5.32 Å². The molecule has 0 fully saturated rings. The van der Waals surface area contributed by atoms with Gasteiger partial charge in [-0.15, -0.1) is 0 Å². The van der Waals surface area contributed by atoms with Crippen molar-refractivity contribution in [2.45, 2.75) is 38.8 Å². The van der Waals surface area contributed by atoms with Crippen LogP contribution in [0.25, 0.3) is 0 Å². The lowest BCUT2D eigenvalue weighted by molar-refractivity contribution is -0.135. The van der Waals surface area contributed by atoms with Crippen LogP contribution in [0.15, 0.2) is 78.9 Å². The first-order chi connectivity index (χ1) is 15.1. The van der Waals surface area contributed by atoms with Crippen LogP contribution in [-0.2, 0) is 22.6 Å². The van der Waals surface area contributed by atoms with Gasteiger partial charge >= 0.3 is 0 Å². The topological polar surface area (TPSA) is 49.4 Å². The maximum absolute atomic E-state index is 13.2. The summed E-state index contributed by atoms with van der Waals surface area (Å²) in [5.41, 5.74) is 5.82. The van der Waals surface area contributed by atoms with E-state index in [-0.39, 0.29) is 30.7 Å². The summed E-state index contributed by atoms with van der Waals surface area (Å²) in [5.74, 6) is -0.0727. The van der Waals surface area contributed by atoms with Crippen molar-refractivity contribution in [2.75, 3.05) is 6.54 Å². The molecule has 4 heteroatoms. The maximum atomic E-state index is 13.2. The zero-order valence-electron chi connectivity index (χ0n) is 17.9. The van der Waals surface area contributed by atoms with Crippen LogP contribution in [0.5, 0.6) is 0 Å². The number of hydrogen-bond acceptors (Lipinski definition) is 2. The molecule has 1 heterocycles. The number of nitrogens with one attached hydrogen (secondary N) is 1. The van der Waals surface area contributed by atoms with Gasteiger partial charge in [-0.2, -0.15) is 0 Å². The highest BCUT2D eigenvalue weighted by atomic mass is 16.2. The number of carbonyl (C=O) groups is 2. The van der Waals surface area contributed by atoms with Gasteiger partial charge in [0.1, 0.15) is 0 Å². The Hall–Kier alpha value is -3.40. The van der Waals surface area contributed by atoms with Gasteiger partial charge < -0.3 is 10.2 Å². The zero-order valence-corrected chi connectivity index (χ0v) is 17.9. The largest absolute Gasteiger partial charge is 0.352 e. The summed E-state index contributed by atoms with van der Waals surface area (Å²) in [5, 5.41) is 2.93. The predicted molar refractivity (Wildman–Crippen MR) is 122 cm³/mol. The summed E-state index contributed by atoms with van der Waals surface area (Å²) < 4.78 is 0. The molecule has 0 bridgehead atoms. The quantitative estimate of drug-likeness (QED) is 0.645. The van der Waals surface area contributed by atoms with Crippen LogP contribution in [-0.4, -0.2) is 23.3 Å². The third-order valence-electron chi connectivity index (χ3n) is 5.90. The average Bonchev–Trinajstić information content (AvgIpc) is 2.82. The van der Waals surface area contributed by atoms with Crippen molar-refractivity contribution in [3.05, 3.63) is 107 Å². The van der Waals surface area contributed by atoms with Crippen LogP contribution in [0.4, 0.5) is 0 Å². The summed E-state index contributed by atoms with van der Waals surface area (Å²) in [4.78, 5) is 27.4. The van der Waals surface area contributed by atoms with Crippen molar-refractivity contribution in [2.24, 2.45) is 0 Å². The molecule has 1 aliphatic rings. The molecule has 4 nitrogen and oxygen atoms in total. The van der Waals surface area contributed by atoms with Gasteiger partial charge in [-0.3, -0.25) is 9.59 Å². The standard InChI is InChI=1S/C27H28N2O2/c1-20-11-13-21(14-12-20)19-28-25(30)15-16-26(31)29-18-17-22-7-5-6-10-24(22)27(29)23-8-3-2-4-9-23/h2-14,27H,15-19H2,1H3,(H,28,30)/t27-/m0/s1. The molecule has 4 rings (SSSR count). The van der Waals surface area contributed by atoms with Crippen molar-refractivity contribution < 1.29 is 9.59 Å². The minimum Gasteiger partial charge on any atom is -0.352 e. The van der Waals surface area contributed by atoms with E-state index in [4.69, 9.17) is 0 Å². The Kier molecular flexibility index (Phi) is 6.46. The molecule has 1 atom stereocenters. The average molecular weight is 413 g/mol. The van der Waals surface area contributed by atoms with E-state index in [2.05, 4.69) is 35.6 Å². The Morgan fingerprint density at radius 3 is 2.39 bits per heavy atom. The molecule has 0 saturated carbocycles. The van der Waals surface area contributed by atoms with Gasteiger partial charge in [0.15, 0.2) is 0 Å².